The van der Waals surface area contributed by atoms with Crippen molar-refractivity contribution in [1.29, 1.82) is 0 Å². The Morgan fingerprint density at radius 1 is 1.05 bits per heavy atom. The highest BCUT2D eigenvalue weighted by Crippen LogP contribution is 2.13. The van der Waals surface area contributed by atoms with Crippen molar-refractivity contribution >= 4 is 5.91 Å². The molecule has 1 amide bonds. The van der Waals surface area contributed by atoms with Gasteiger partial charge in [0.05, 0.1) is 13.2 Å². The summed E-state index contributed by atoms with van der Waals surface area (Å²) < 4.78 is 10.7. The number of methoxy groups -OCH3 is 1. The van der Waals surface area contributed by atoms with Crippen LogP contribution in [0.1, 0.15) is 22.8 Å². The van der Waals surface area contributed by atoms with Gasteiger partial charge < -0.3 is 14.8 Å². The molecule has 2 aromatic carbocycles. The van der Waals surface area contributed by atoms with E-state index >= 15 is 0 Å². The third kappa shape index (κ3) is 4.52. The lowest BCUT2D eigenvalue weighted by Gasteiger charge is -2.15. The van der Waals surface area contributed by atoms with Gasteiger partial charge in [-0.2, -0.15) is 0 Å². The molecule has 4 nitrogen and oxygen atoms in total. The van der Waals surface area contributed by atoms with Gasteiger partial charge in [0.15, 0.2) is 0 Å². The Labute approximate surface area is 131 Å². The van der Waals surface area contributed by atoms with E-state index in [0.29, 0.717) is 12.2 Å². The highest BCUT2D eigenvalue weighted by Gasteiger charge is 2.10. The summed E-state index contributed by atoms with van der Waals surface area (Å²) in [4.78, 5) is 12.1. The van der Waals surface area contributed by atoms with Crippen LogP contribution in [-0.4, -0.2) is 25.7 Å². The molecule has 0 unspecified atom stereocenters. The second-order valence-electron chi connectivity index (χ2n) is 5.23. The first-order chi connectivity index (χ1) is 10.6. The molecule has 0 bridgehead atoms. The van der Waals surface area contributed by atoms with E-state index in [9.17, 15) is 4.79 Å². The second-order valence-corrected chi connectivity index (χ2v) is 5.23. The molecule has 116 valence electrons. The SMILES string of the molecule is COc1ccc(C(=O)N[C@@H](C)COc2ccc(C)cc2)cc1. The van der Waals surface area contributed by atoms with Crippen molar-refractivity contribution in [2.75, 3.05) is 13.7 Å². The van der Waals surface area contributed by atoms with E-state index in [4.69, 9.17) is 9.47 Å². The fourth-order valence-corrected chi connectivity index (χ4v) is 1.95. The van der Waals surface area contributed by atoms with Gasteiger partial charge in [-0.1, -0.05) is 17.7 Å². The van der Waals surface area contributed by atoms with Crippen molar-refractivity contribution < 1.29 is 14.3 Å². The minimum Gasteiger partial charge on any atom is -0.497 e. The van der Waals surface area contributed by atoms with Crippen molar-refractivity contribution in [3.05, 3.63) is 59.7 Å². The predicted molar refractivity (Wildman–Crippen MR) is 86.6 cm³/mol. The van der Waals surface area contributed by atoms with Crippen molar-refractivity contribution in [2.45, 2.75) is 19.9 Å². The summed E-state index contributed by atoms with van der Waals surface area (Å²) in [5.41, 5.74) is 1.79. The number of amides is 1. The van der Waals surface area contributed by atoms with E-state index in [1.165, 1.54) is 5.56 Å². The summed E-state index contributed by atoms with van der Waals surface area (Å²) in [6, 6.07) is 14.8. The average Bonchev–Trinajstić information content (AvgIpc) is 2.54. The minimum atomic E-state index is -0.123. The molecule has 0 spiro atoms. The van der Waals surface area contributed by atoms with E-state index in [1.807, 2.05) is 38.1 Å². The molecule has 0 radical (unpaired) electrons. The first kappa shape index (κ1) is 15.9. The van der Waals surface area contributed by atoms with Crippen LogP contribution in [0.15, 0.2) is 48.5 Å². The van der Waals surface area contributed by atoms with Crippen molar-refractivity contribution in [2.24, 2.45) is 0 Å². The number of benzene rings is 2. The number of aryl methyl sites for hydroxylation is 1. The smallest absolute Gasteiger partial charge is 0.251 e. The molecule has 0 saturated carbocycles. The maximum atomic E-state index is 12.1. The molecule has 0 aliphatic carbocycles. The van der Waals surface area contributed by atoms with Gasteiger partial charge in [-0.15, -0.1) is 0 Å². The molecular weight excluding hydrogens is 278 g/mol. The predicted octanol–water partition coefficient (Wildman–Crippen LogP) is 3.20. The van der Waals surface area contributed by atoms with Gasteiger partial charge in [0.25, 0.3) is 5.91 Å². The Morgan fingerprint density at radius 3 is 2.23 bits per heavy atom. The number of carbonyl (C=O) groups is 1. The minimum absolute atomic E-state index is 0.0871. The van der Waals surface area contributed by atoms with Gasteiger partial charge in [0, 0.05) is 5.56 Å². The molecule has 0 aliphatic rings. The third-order valence-corrected chi connectivity index (χ3v) is 3.25. The zero-order valence-electron chi connectivity index (χ0n) is 13.1. The van der Waals surface area contributed by atoms with Crippen LogP contribution >= 0.6 is 0 Å². The quantitative estimate of drug-likeness (QED) is 0.891. The summed E-state index contributed by atoms with van der Waals surface area (Å²) in [6.07, 6.45) is 0. The number of nitrogens with one attached hydrogen (secondary N) is 1. The van der Waals surface area contributed by atoms with Gasteiger partial charge in [0.2, 0.25) is 0 Å². The lowest BCUT2D eigenvalue weighted by molar-refractivity contribution is 0.0926. The Kier molecular flexibility index (Phi) is 5.42. The van der Waals surface area contributed by atoms with E-state index in [2.05, 4.69) is 5.32 Å². The van der Waals surface area contributed by atoms with Crippen LogP contribution in [0.25, 0.3) is 0 Å². The normalized spacial score (nSPS) is 11.6. The van der Waals surface area contributed by atoms with E-state index in [0.717, 1.165) is 11.5 Å². The molecule has 0 aromatic heterocycles. The van der Waals surface area contributed by atoms with Crippen LogP contribution in [-0.2, 0) is 0 Å². The van der Waals surface area contributed by atoms with Crippen LogP contribution in [0.3, 0.4) is 0 Å². The Hall–Kier alpha value is -2.49. The molecule has 2 aromatic rings. The summed E-state index contributed by atoms with van der Waals surface area (Å²) >= 11 is 0. The van der Waals surface area contributed by atoms with Crippen molar-refractivity contribution in [3.63, 3.8) is 0 Å². The van der Waals surface area contributed by atoms with E-state index in [1.54, 1.807) is 31.4 Å². The van der Waals surface area contributed by atoms with Gasteiger partial charge in [-0.3, -0.25) is 4.79 Å². The third-order valence-electron chi connectivity index (χ3n) is 3.25. The summed E-state index contributed by atoms with van der Waals surface area (Å²) in [5.74, 6) is 1.41. The monoisotopic (exact) mass is 299 g/mol. The number of hydrogen-bond acceptors (Lipinski definition) is 3. The van der Waals surface area contributed by atoms with Crippen LogP contribution < -0.4 is 14.8 Å². The van der Waals surface area contributed by atoms with Crippen LogP contribution in [0.5, 0.6) is 11.5 Å². The summed E-state index contributed by atoms with van der Waals surface area (Å²) in [6.45, 7) is 4.36. The van der Waals surface area contributed by atoms with Crippen molar-refractivity contribution in [1.82, 2.24) is 5.32 Å². The molecule has 0 saturated heterocycles. The first-order valence-electron chi connectivity index (χ1n) is 7.23. The Balaban J connectivity index is 1.83. The molecule has 4 heteroatoms. The number of ether oxygens (including phenoxy) is 2. The molecular formula is C18H21NO3. The fraction of sp³-hybridized carbons (Fsp3) is 0.278. The Morgan fingerprint density at radius 2 is 1.64 bits per heavy atom. The van der Waals surface area contributed by atoms with Gasteiger partial charge in [-0.25, -0.2) is 0 Å². The van der Waals surface area contributed by atoms with E-state index in [-0.39, 0.29) is 11.9 Å². The zero-order valence-corrected chi connectivity index (χ0v) is 13.1. The number of hydrogen-bond donors (Lipinski definition) is 1. The molecule has 0 heterocycles. The second kappa shape index (κ2) is 7.50. The highest BCUT2D eigenvalue weighted by molar-refractivity contribution is 5.94. The lowest BCUT2D eigenvalue weighted by Crippen LogP contribution is -2.36. The van der Waals surface area contributed by atoms with Gasteiger partial charge in [0.1, 0.15) is 18.1 Å². The van der Waals surface area contributed by atoms with Crippen LogP contribution in [0.4, 0.5) is 0 Å². The lowest BCUT2D eigenvalue weighted by atomic mass is 10.2. The largest absolute Gasteiger partial charge is 0.497 e. The van der Waals surface area contributed by atoms with E-state index < -0.39 is 0 Å². The molecule has 2 rings (SSSR count). The average molecular weight is 299 g/mol. The van der Waals surface area contributed by atoms with Gasteiger partial charge >= 0.3 is 0 Å². The molecule has 22 heavy (non-hydrogen) atoms. The van der Waals surface area contributed by atoms with Crippen LogP contribution in [0.2, 0.25) is 0 Å². The summed E-state index contributed by atoms with van der Waals surface area (Å²) in [7, 11) is 1.60. The summed E-state index contributed by atoms with van der Waals surface area (Å²) in [5, 5.41) is 2.91. The molecule has 0 fully saturated rings. The van der Waals surface area contributed by atoms with Gasteiger partial charge in [-0.05, 0) is 50.2 Å². The Bertz CT molecular complexity index is 605. The van der Waals surface area contributed by atoms with Crippen molar-refractivity contribution in [3.8, 4) is 11.5 Å². The number of rotatable bonds is 6. The number of carbonyl (C=O) groups excluding carboxylic acids is 1. The first-order valence-corrected chi connectivity index (χ1v) is 7.23. The fourth-order valence-electron chi connectivity index (χ4n) is 1.95. The highest BCUT2D eigenvalue weighted by atomic mass is 16.5. The molecule has 1 atom stereocenters. The maximum Gasteiger partial charge on any atom is 0.251 e. The zero-order chi connectivity index (χ0) is 15.9. The van der Waals surface area contributed by atoms with Crippen LogP contribution in [0, 0.1) is 6.92 Å². The standard InChI is InChI=1S/C18H21NO3/c1-13-4-8-17(9-5-13)22-12-14(2)19-18(20)15-6-10-16(21-3)11-7-15/h4-11,14H,12H2,1-3H3,(H,19,20)/t14-/m0/s1. The molecule has 0 aliphatic heterocycles. The topological polar surface area (TPSA) is 47.6 Å². The molecule has 1 N–H and O–H groups in total. The maximum absolute atomic E-state index is 12.1.